The smallest absolute Gasteiger partial charge is 0.273 e. The number of nitrogens with zero attached hydrogens (tertiary/aromatic N) is 4. The van der Waals surface area contributed by atoms with Crippen molar-refractivity contribution in [3.63, 3.8) is 0 Å². The summed E-state index contributed by atoms with van der Waals surface area (Å²) in [5, 5.41) is 13.3. The number of methoxy groups -OCH3 is 1. The van der Waals surface area contributed by atoms with Gasteiger partial charge in [-0.05, 0) is 107 Å². The zero-order chi connectivity index (χ0) is 43.4. The van der Waals surface area contributed by atoms with Crippen molar-refractivity contribution in [3.8, 4) is 28.4 Å². The van der Waals surface area contributed by atoms with E-state index in [1.165, 1.54) is 68.4 Å². The van der Waals surface area contributed by atoms with Gasteiger partial charge in [-0.15, -0.1) is 0 Å². The molecule has 2 amide bonds. The van der Waals surface area contributed by atoms with Crippen LogP contribution in [0.2, 0.25) is 0 Å². The van der Waals surface area contributed by atoms with E-state index >= 15 is 0 Å². The molecule has 15 heteroatoms. The van der Waals surface area contributed by atoms with E-state index in [0.717, 1.165) is 94.5 Å². The molecule has 1 aliphatic carbocycles. The molecule has 0 bridgehead atoms. The number of ether oxygens (including phenoxy) is 1. The fourth-order valence-corrected chi connectivity index (χ4v) is 8.62. The summed E-state index contributed by atoms with van der Waals surface area (Å²) in [6.45, 7) is 6.06. The van der Waals surface area contributed by atoms with Crippen LogP contribution in [-0.4, -0.2) is 84.3 Å². The summed E-state index contributed by atoms with van der Waals surface area (Å²) in [5.74, 6) is -1.67. The fourth-order valence-electron chi connectivity index (χ4n) is 8.62. The molecule has 5 aromatic rings. The number of aromatic nitrogens is 2. The molecular formula is C47H54F4N6O5. The molecule has 0 unspecified atom stereocenters. The van der Waals surface area contributed by atoms with Crippen LogP contribution in [0.5, 0.6) is 5.75 Å². The van der Waals surface area contributed by atoms with Gasteiger partial charge >= 0.3 is 0 Å². The Morgan fingerprint density at radius 1 is 0.661 bits per heavy atom. The van der Waals surface area contributed by atoms with E-state index in [0.29, 0.717) is 24.9 Å². The maximum atomic E-state index is 13.9. The number of carbonyl (C=O) groups excluding carboxylic acids is 2. The number of benzene rings is 3. The lowest BCUT2D eigenvalue weighted by Crippen LogP contribution is -2.43. The van der Waals surface area contributed by atoms with Crippen molar-refractivity contribution in [1.29, 1.82) is 0 Å². The third kappa shape index (κ3) is 11.9. The third-order valence-corrected chi connectivity index (χ3v) is 12.3. The lowest BCUT2D eigenvalue weighted by molar-refractivity contribution is 0.0906. The molecule has 3 aliphatic rings. The number of carbonyl (C=O) groups is 2. The number of hydrogen-bond acceptors (Lipinski definition) is 9. The molecule has 3 aromatic carbocycles. The molecule has 2 saturated heterocycles. The summed E-state index contributed by atoms with van der Waals surface area (Å²) in [7, 11) is 1.68. The van der Waals surface area contributed by atoms with Crippen molar-refractivity contribution in [2.24, 2.45) is 11.8 Å². The first-order chi connectivity index (χ1) is 30.1. The zero-order valence-electron chi connectivity index (χ0n) is 35.0. The van der Waals surface area contributed by atoms with Gasteiger partial charge in [-0.25, -0.2) is 17.6 Å². The Labute approximate surface area is 359 Å². The summed E-state index contributed by atoms with van der Waals surface area (Å²) in [6, 6.07) is 17.9. The highest BCUT2D eigenvalue weighted by Crippen LogP contribution is 2.29. The maximum Gasteiger partial charge on any atom is 0.273 e. The average molecular weight is 859 g/mol. The monoisotopic (exact) mass is 858 g/mol. The van der Waals surface area contributed by atoms with Crippen LogP contribution >= 0.6 is 0 Å². The van der Waals surface area contributed by atoms with Gasteiger partial charge < -0.3 is 29.3 Å². The van der Waals surface area contributed by atoms with Crippen molar-refractivity contribution >= 4 is 11.8 Å². The maximum absolute atomic E-state index is 13.9. The van der Waals surface area contributed by atoms with Crippen LogP contribution in [-0.2, 0) is 6.54 Å². The first kappa shape index (κ1) is 44.5. The Kier molecular flexibility index (Phi) is 15.4. The molecule has 330 valence electrons. The molecule has 2 aliphatic heterocycles. The minimum atomic E-state index is -0.770. The van der Waals surface area contributed by atoms with Gasteiger partial charge in [0.05, 0.1) is 18.2 Å². The number of halogens is 4. The van der Waals surface area contributed by atoms with Gasteiger partial charge in [-0.2, -0.15) is 0 Å². The number of hydrogen-bond donors (Lipinski definition) is 2. The van der Waals surface area contributed by atoms with Crippen LogP contribution in [0.4, 0.5) is 17.6 Å². The van der Waals surface area contributed by atoms with E-state index in [9.17, 15) is 27.2 Å². The Balaban J connectivity index is 0.000000187. The Morgan fingerprint density at radius 3 is 1.66 bits per heavy atom. The van der Waals surface area contributed by atoms with Crippen LogP contribution < -0.4 is 15.4 Å². The molecule has 2 aromatic heterocycles. The molecule has 3 fully saturated rings. The second kappa shape index (κ2) is 21.5. The van der Waals surface area contributed by atoms with E-state index in [1.54, 1.807) is 7.11 Å². The van der Waals surface area contributed by atoms with Gasteiger partial charge in [-0.1, -0.05) is 54.2 Å². The molecule has 0 atom stereocenters. The van der Waals surface area contributed by atoms with Crippen LogP contribution in [0, 0.1) is 35.1 Å². The SMILES string of the molecule is COc1ccccc1CN1CCC(CNC(=O)c2cc(-c3ccc(F)cc3F)on2)CC1.O=C(NCC1CCN(C2CCCCCC2)CC1)c1cc(-c2ccc(F)cc2F)on1. The molecule has 2 N–H and O–H groups in total. The lowest BCUT2D eigenvalue weighted by atomic mass is 9.94. The highest BCUT2D eigenvalue weighted by atomic mass is 19.1. The number of amides is 2. The molecule has 0 spiro atoms. The first-order valence-electron chi connectivity index (χ1n) is 21.6. The largest absolute Gasteiger partial charge is 0.496 e. The number of rotatable bonds is 12. The van der Waals surface area contributed by atoms with E-state index < -0.39 is 23.3 Å². The van der Waals surface area contributed by atoms with E-state index in [-0.39, 0.29) is 45.8 Å². The van der Waals surface area contributed by atoms with Crippen molar-refractivity contribution in [2.45, 2.75) is 76.8 Å². The summed E-state index contributed by atoms with van der Waals surface area (Å²) in [6.07, 6.45) is 12.2. The predicted molar refractivity (Wildman–Crippen MR) is 225 cm³/mol. The summed E-state index contributed by atoms with van der Waals surface area (Å²) >= 11 is 0. The van der Waals surface area contributed by atoms with E-state index in [2.05, 4.69) is 36.8 Å². The Hall–Kier alpha value is -5.54. The summed E-state index contributed by atoms with van der Waals surface area (Å²) in [4.78, 5) is 29.9. The van der Waals surface area contributed by atoms with Gasteiger partial charge in [0.1, 0.15) is 29.0 Å². The van der Waals surface area contributed by atoms with Crippen molar-refractivity contribution in [3.05, 3.63) is 113 Å². The van der Waals surface area contributed by atoms with Crippen LogP contribution in [0.3, 0.4) is 0 Å². The van der Waals surface area contributed by atoms with E-state index in [4.69, 9.17) is 13.8 Å². The van der Waals surface area contributed by atoms with Gasteiger partial charge in [0, 0.05) is 55.5 Å². The van der Waals surface area contributed by atoms with Crippen molar-refractivity contribution in [1.82, 2.24) is 30.7 Å². The number of para-hydroxylation sites is 1. The predicted octanol–water partition coefficient (Wildman–Crippen LogP) is 9.05. The summed E-state index contributed by atoms with van der Waals surface area (Å²) in [5.41, 5.74) is 1.47. The van der Waals surface area contributed by atoms with Gasteiger partial charge in [-0.3, -0.25) is 14.5 Å². The lowest BCUT2D eigenvalue weighted by Gasteiger charge is -2.37. The van der Waals surface area contributed by atoms with Crippen molar-refractivity contribution < 1.29 is 40.9 Å². The molecule has 11 nitrogen and oxygen atoms in total. The highest BCUT2D eigenvalue weighted by Gasteiger charge is 2.27. The molecule has 4 heterocycles. The second-order valence-corrected chi connectivity index (χ2v) is 16.5. The minimum Gasteiger partial charge on any atom is -0.496 e. The molecule has 1 saturated carbocycles. The fraction of sp³-hybridized carbons (Fsp3) is 0.447. The quantitative estimate of drug-likeness (QED) is 0.0934. The second-order valence-electron chi connectivity index (χ2n) is 16.5. The molecule has 62 heavy (non-hydrogen) atoms. The molecule has 0 radical (unpaired) electrons. The minimum absolute atomic E-state index is 0.0559. The molecular weight excluding hydrogens is 805 g/mol. The van der Waals surface area contributed by atoms with Crippen molar-refractivity contribution in [2.75, 3.05) is 46.4 Å². The highest BCUT2D eigenvalue weighted by molar-refractivity contribution is 5.93. The van der Waals surface area contributed by atoms with Crippen LogP contribution in [0.15, 0.2) is 81.8 Å². The zero-order valence-corrected chi connectivity index (χ0v) is 35.0. The standard InChI is InChI=1S/C24H25F2N3O3.C23H29F2N3O2/c1-31-22-5-3-2-4-17(22)15-29-10-8-16(9-11-29)14-27-24(30)21-13-23(32-28-21)19-7-6-18(25)12-20(19)26;24-17-7-8-19(20(25)13-17)22-14-21(27-30-22)23(29)26-15-16-9-11-28(12-10-16)18-5-3-1-2-4-6-18/h2-7,12-13,16H,8-11,14-15H2,1H3,(H,27,30);7-8,13-14,16,18H,1-6,9-12,15H2,(H,26,29). The third-order valence-electron chi connectivity index (χ3n) is 12.3. The Morgan fingerprint density at radius 2 is 1.16 bits per heavy atom. The normalized spacial score (nSPS) is 17.2. The Bertz CT molecular complexity index is 2240. The first-order valence-corrected chi connectivity index (χ1v) is 21.6. The van der Waals surface area contributed by atoms with Gasteiger partial charge in [0.25, 0.3) is 11.8 Å². The topological polar surface area (TPSA) is 126 Å². The van der Waals surface area contributed by atoms with E-state index in [1.807, 2.05) is 18.2 Å². The van der Waals surface area contributed by atoms with Gasteiger partial charge in [0.2, 0.25) is 0 Å². The summed E-state index contributed by atoms with van der Waals surface area (Å²) < 4.78 is 69.6. The van der Waals surface area contributed by atoms with Crippen LogP contribution in [0.25, 0.3) is 22.6 Å². The number of likely N-dealkylation sites (tertiary alicyclic amines) is 2. The number of piperidine rings is 2. The average Bonchev–Trinajstić information content (AvgIpc) is 3.90. The van der Waals surface area contributed by atoms with Crippen LogP contribution in [0.1, 0.15) is 90.7 Å². The number of nitrogens with one attached hydrogen (secondary N) is 2. The molecule has 8 rings (SSSR count). The van der Waals surface area contributed by atoms with Gasteiger partial charge in [0.15, 0.2) is 22.9 Å².